The second-order valence-corrected chi connectivity index (χ2v) is 12.0. The Morgan fingerprint density at radius 2 is 1.57 bits per heavy atom. The smallest absolute Gasteiger partial charge is 0.264 e. The number of carbonyl (C=O) groups excluding carboxylic acids is 1. The minimum absolute atomic E-state index is 0.117. The van der Waals surface area contributed by atoms with Crippen molar-refractivity contribution in [3.05, 3.63) is 94.0 Å². The number of nitrogens with one attached hydrogen (secondary N) is 1. The topological polar surface area (TPSA) is 69.7 Å². The van der Waals surface area contributed by atoms with Crippen molar-refractivity contribution in [2.75, 3.05) is 23.9 Å². The predicted molar refractivity (Wildman–Crippen MR) is 149 cm³/mol. The number of aryl methyl sites for hydroxylation is 2. The normalized spacial score (nSPS) is 14.4. The Kier molecular flexibility index (Phi) is 8.90. The zero-order valence-electron chi connectivity index (χ0n) is 21.4. The van der Waals surface area contributed by atoms with Gasteiger partial charge in [0.2, 0.25) is 5.91 Å². The van der Waals surface area contributed by atoms with Crippen molar-refractivity contribution in [3.8, 4) is 0 Å². The maximum atomic E-state index is 13.5. The van der Waals surface area contributed by atoms with Gasteiger partial charge in [-0.3, -0.25) is 14.0 Å². The molecule has 1 fully saturated rings. The molecule has 0 spiro atoms. The van der Waals surface area contributed by atoms with Crippen LogP contribution in [0.4, 0.5) is 5.69 Å². The number of carbonyl (C=O) groups is 1. The number of halogens is 1. The standard InChI is InChI=1S/C29H34ClN3O3S/c1-22-6-14-27(15-7-22)37(35,36)33(26-13-8-23(2)28(30)18-26)21-29(34)31-19-24-9-11-25(12-10-24)20-32-16-4-3-5-17-32/h6-15,18H,3-5,16-17,19-21H2,1-2H3,(H,31,34). The van der Waals surface area contributed by atoms with Crippen LogP contribution in [0.15, 0.2) is 71.6 Å². The van der Waals surface area contributed by atoms with Gasteiger partial charge in [0.25, 0.3) is 10.0 Å². The number of piperidine rings is 1. The summed E-state index contributed by atoms with van der Waals surface area (Å²) in [6.45, 7) is 6.92. The molecule has 196 valence electrons. The first kappa shape index (κ1) is 27.2. The Balaban J connectivity index is 1.45. The largest absolute Gasteiger partial charge is 0.350 e. The highest BCUT2D eigenvalue weighted by Crippen LogP contribution is 2.28. The van der Waals surface area contributed by atoms with E-state index in [0.29, 0.717) is 17.3 Å². The van der Waals surface area contributed by atoms with Crippen molar-refractivity contribution < 1.29 is 13.2 Å². The first-order valence-electron chi connectivity index (χ1n) is 12.6. The van der Waals surface area contributed by atoms with Gasteiger partial charge >= 0.3 is 0 Å². The molecule has 8 heteroatoms. The SMILES string of the molecule is Cc1ccc(S(=O)(=O)N(CC(=O)NCc2ccc(CN3CCCCC3)cc2)c2ccc(C)c(Cl)c2)cc1. The van der Waals surface area contributed by atoms with Gasteiger partial charge in [-0.05, 0) is 80.7 Å². The monoisotopic (exact) mass is 539 g/mol. The molecule has 0 bridgehead atoms. The van der Waals surface area contributed by atoms with Gasteiger partial charge in [0.15, 0.2) is 0 Å². The highest BCUT2D eigenvalue weighted by molar-refractivity contribution is 7.92. The molecule has 1 aliphatic rings. The molecule has 1 amide bonds. The average Bonchev–Trinajstić information content (AvgIpc) is 2.89. The summed E-state index contributed by atoms with van der Waals surface area (Å²) in [5.41, 5.74) is 4.33. The number of nitrogens with zero attached hydrogens (tertiary/aromatic N) is 2. The van der Waals surface area contributed by atoms with Gasteiger partial charge < -0.3 is 5.32 Å². The van der Waals surface area contributed by atoms with Crippen LogP contribution < -0.4 is 9.62 Å². The van der Waals surface area contributed by atoms with Crippen LogP contribution in [0.25, 0.3) is 0 Å². The second kappa shape index (κ2) is 12.1. The average molecular weight is 540 g/mol. The van der Waals surface area contributed by atoms with Crippen LogP contribution in [0.1, 0.15) is 41.5 Å². The lowest BCUT2D eigenvalue weighted by atomic mass is 10.1. The number of rotatable bonds is 9. The molecule has 3 aromatic rings. The van der Waals surface area contributed by atoms with Crippen molar-refractivity contribution >= 4 is 33.2 Å². The summed E-state index contributed by atoms with van der Waals surface area (Å²) in [6, 6.07) is 19.8. The third-order valence-corrected chi connectivity index (χ3v) is 8.90. The number of sulfonamides is 1. The van der Waals surface area contributed by atoms with Gasteiger partial charge in [-0.2, -0.15) is 0 Å². The molecule has 4 rings (SSSR count). The molecule has 1 saturated heterocycles. The van der Waals surface area contributed by atoms with Gasteiger partial charge in [0, 0.05) is 18.1 Å². The lowest BCUT2D eigenvalue weighted by Crippen LogP contribution is -2.40. The molecule has 37 heavy (non-hydrogen) atoms. The molecule has 0 aliphatic carbocycles. The number of hydrogen-bond acceptors (Lipinski definition) is 4. The quantitative estimate of drug-likeness (QED) is 0.392. The summed E-state index contributed by atoms with van der Waals surface area (Å²) in [4.78, 5) is 15.5. The zero-order valence-corrected chi connectivity index (χ0v) is 23.0. The van der Waals surface area contributed by atoms with E-state index in [4.69, 9.17) is 11.6 Å². The first-order chi connectivity index (χ1) is 17.7. The van der Waals surface area contributed by atoms with Crippen LogP contribution in [0, 0.1) is 13.8 Å². The van der Waals surface area contributed by atoms with Crippen molar-refractivity contribution in [3.63, 3.8) is 0 Å². The van der Waals surface area contributed by atoms with Crippen molar-refractivity contribution in [2.24, 2.45) is 0 Å². The number of benzene rings is 3. The van der Waals surface area contributed by atoms with Crippen LogP contribution in [0.3, 0.4) is 0 Å². The second-order valence-electron chi connectivity index (χ2n) is 9.69. The Morgan fingerprint density at radius 3 is 2.22 bits per heavy atom. The van der Waals surface area contributed by atoms with E-state index in [2.05, 4.69) is 22.3 Å². The number of amides is 1. The van der Waals surface area contributed by atoms with Gasteiger partial charge in [0.05, 0.1) is 10.6 Å². The molecule has 1 aliphatic heterocycles. The summed E-state index contributed by atoms with van der Waals surface area (Å²) < 4.78 is 28.2. The molecule has 1 N–H and O–H groups in total. The Bertz CT molecular complexity index is 1320. The number of likely N-dealkylation sites (tertiary alicyclic amines) is 1. The Hall–Kier alpha value is -2.87. The molecular formula is C29H34ClN3O3S. The predicted octanol–water partition coefficient (Wildman–Crippen LogP) is 5.45. The van der Waals surface area contributed by atoms with Crippen molar-refractivity contribution in [1.29, 1.82) is 0 Å². The minimum atomic E-state index is -3.99. The molecule has 0 unspecified atom stereocenters. The molecule has 0 saturated carbocycles. The lowest BCUT2D eigenvalue weighted by Gasteiger charge is -2.26. The maximum absolute atomic E-state index is 13.5. The molecule has 3 aromatic carbocycles. The van der Waals surface area contributed by atoms with E-state index in [1.807, 2.05) is 26.0 Å². The van der Waals surface area contributed by atoms with Crippen LogP contribution in [-0.4, -0.2) is 38.9 Å². The van der Waals surface area contributed by atoms with E-state index in [1.54, 1.807) is 42.5 Å². The van der Waals surface area contributed by atoms with Gasteiger partial charge in [-0.1, -0.05) is 66.0 Å². The molecule has 6 nitrogen and oxygen atoms in total. The lowest BCUT2D eigenvalue weighted by molar-refractivity contribution is -0.119. The highest BCUT2D eigenvalue weighted by Gasteiger charge is 2.27. The summed E-state index contributed by atoms with van der Waals surface area (Å²) >= 11 is 6.30. The minimum Gasteiger partial charge on any atom is -0.350 e. The third kappa shape index (κ3) is 7.12. The fourth-order valence-corrected chi connectivity index (χ4v) is 6.00. The molecule has 1 heterocycles. The van der Waals surface area contributed by atoms with E-state index < -0.39 is 15.9 Å². The van der Waals surface area contributed by atoms with Crippen molar-refractivity contribution in [2.45, 2.75) is 51.1 Å². The van der Waals surface area contributed by atoms with E-state index in [0.717, 1.165) is 40.6 Å². The molecule has 0 aromatic heterocycles. The van der Waals surface area contributed by atoms with Gasteiger partial charge in [-0.15, -0.1) is 0 Å². The number of hydrogen-bond donors (Lipinski definition) is 1. The maximum Gasteiger partial charge on any atom is 0.264 e. The fourth-order valence-electron chi connectivity index (χ4n) is 4.41. The van der Waals surface area contributed by atoms with Gasteiger partial charge in [-0.25, -0.2) is 8.42 Å². The van der Waals surface area contributed by atoms with Crippen LogP contribution in [0.5, 0.6) is 0 Å². The van der Waals surface area contributed by atoms with E-state index in [1.165, 1.54) is 24.8 Å². The Labute approximate surface area is 225 Å². The summed E-state index contributed by atoms with van der Waals surface area (Å²) in [6.07, 6.45) is 3.83. The highest BCUT2D eigenvalue weighted by atomic mass is 35.5. The summed E-state index contributed by atoms with van der Waals surface area (Å²) in [7, 11) is -3.99. The molecular weight excluding hydrogens is 506 g/mol. The fraction of sp³-hybridized carbons (Fsp3) is 0.345. The van der Waals surface area contributed by atoms with Crippen LogP contribution >= 0.6 is 11.6 Å². The third-order valence-electron chi connectivity index (χ3n) is 6.71. The summed E-state index contributed by atoms with van der Waals surface area (Å²) in [5.74, 6) is -0.398. The van der Waals surface area contributed by atoms with E-state index >= 15 is 0 Å². The van der Waals surface area contributed by atoms with Crippen LogP contribution in [0.2, 0.25) is 5.02 Å². The first-order valence-corrected chi connectivity index (χ1v) is 14.5. The van der Waals surface area contributed by atoms with Crippen molar-refractivity contribution in [1.82, 2.24) is 10.2 Å². The van der Waals surface area contributed by atoms with Gasteiger partial charge in [0.1, 0.15) is 6.54 Å². The molecule has 0 radical (unpaired) electrons. The summed E-state index contributed by atoms with van der Waals surface area (Å²) in [5, 5.41) is 3.31. The van der Waals surface area contributed by atoms with Crippen LogP contribution in [-0.2, 0) is 27.9 Å². The van der Waals surface area contributed by atoms with E-state index in [-0.39, 0.29) is 11.4 Å². The Morgan fingerprint density at radius 1 is 0.919 bits per heavy atom. The number of anilines is 1. The zero-order chi connectivity index (χ0) is 26.4. The molecule has 0 atom stereocenters. The van der Waals surface area contributed by atoms with E-state index in [9.17, 15) is 13.2 Å².